The lowest BCUT2D eigenvalue weighted by Crippen LogP contribution is -2.52. The third-order valence-corrected chi connectivity index (χ3v) is 9.81. The fraction of sp³-hybridized carbons (Fsp3) is 0.333. The largest absolute Gasteiger partial charge is 0.354 e. The molecule has 2 amide bonds. The maximum atomic E-state index is 14.1. The Hall–Kier alpha value is -2.72. The van der Waals surface area contributed by atoms with Gasteiger partial charge in [-0.1, -0.05) is 60.8 Å². The molecular weight excluding hydrogens is 601 g/mol. The Bertz CT molecular complexity index is 1430. The zero-order valence-electron chi connectivity index (χ0n) is 23.6. The second-order valence-electron chi connectivity index (χ2n) is 9.46. The molecule has 0 aromatic heterocycles. The Morgan fingerprint density at radius 3 is 2.10 bits per heavy atom. The van der Waals surface area contributed by atoms with E-state index in [0.717, 1.165) is 21.2 Å². The van der Waals surface area contributed by atoms with E-state index in [9.17, 15) is 18.0 Å². The first-order valence-electron chi connectivity index (χ1n) is 13.3. The van der Waals surface area contributed by atoms with Gasteiger partial charge in [-0.25, -0.2) is 8.42 Å². The topological polar surface area (TPSA) is 86.8 Å². The molecule has 0 bridgehead atoms. The second kappa shape index (κ2) is 15.0. The number of sulfonamides is 1. The van der Waals surface area contributed by atoms with E-state index in [4.69, 9.17) is 23.2 Å². The van der Waals surface area contributed by atoms with Gasteiger partial charge in [0.25, 0.3) is 10.0 Å². The van der Waals surface area contributed by atoms with Crippen LogP contribution in [0, 0.1) is 6.92 Å². The first-order chi connectivity index (χ1) is 19.5. The van der Waals surface area contributed by atoms with Crippen molar-refractivity contribution in [1.29, 1.82) is 0 Å². The van der Waals surface area contributed by atoms with Crippen molar-refractivity contribution in [1.82, 2.24) is 10.2 Å². The lowest BCUT2D eigenvalue weighted by molar-refractivity contribution is -0.140. The van der Waals surface area contributed by atoms with Crippen LogP contribution in [0.4, 0.5) is 5.69 Å². The summed E-state index contributed by atoms with van der Waals surface area (Å²) in [6.07, 6.45) is 2.93. The number of hydrogen-bond acceptors (Lipinski definition) is 5. The molecule has 220 valence electrons. The number of nitrogens with one attached hydrogen (secondary N) is 1. The number of benzene rings is 3. The molecule has 0 aliphatic heterocycles. The van der Waals surface area contributed by atoms with Crippen LogP contribution in [0.5, 0.6) is 0 Å². The smallest absolute Gasteiger partial charge is 0.264 e. The van der Waals surface area contributed by atoms with Gasteiger partial charge in [-0.2, -0.15) is 0 Å². The predicted molar refractivity (Wildman–Crippen MR) is 168 cm³/mol. The molecule has 1 atom stereocenters. The minimum atomic E-state index is -4.15. The summed E-state index contributed by atoms with van der Waals surface area (Å²) in [5.41, 5.74) is 1.75. The first-order valence-corrected chi connectivity index (χ1v) is 16.7. The molecule has 0 fully saturated rings. The maximum absolute atomic E-state index is 14.1. The number of aryl methyl sites for hydroxylation is 1. The van der Waals surface area contributed by atoms with Crippen molar-refractivity contribution in [3.05, 3.63) is 87.9 Å². The number of nitrogens with zero attached hydrogens (tertiary/aromatic N) is 2. The number of carbonyl (C=O) groups excluding carboxylic acids is 2. The van der Waals surface area contributed by atoms with E-state index >= 15 is 0 Å². The number of halogens is 2. The highest BCUT2D eigenvalue weighted by molar-refractivity contribution is 7.98. The summed E-state index contributed by atoms with van der Waals surface area (Å²) in [5.74, 6) is -0.896. The van der Waals surface area contributed by atoms with Crippen molar-refractivity contribution in [3.8, 4) is 0 Å². The van der Waals surface area contributed by atoms with Crippen LogP contribution in [0.25, 0.3) is 0 Å². The van der Waals surface area contributed by atoms with Crippen LogP contribution < -0.4 is 9.62 Å². The average Bonchev–Trinajstić information content (AvgIpc) is 2.96. The molecule has 0 spiro atoms. The normalized spacial score (nSPS) is 12.0. The molecule has 11 heteroatoms. The number of rotatable bonds is 13. The summed E-state index contributed by atoms with van der Waals surface area (Å²) in [6, 6.07) is 17.5. The summed E-state index contributed by atoms with van der Waals surface area (Å²) in [7, 11) is -4.15. The Balaban J connectivity index is 2.08. The van der Waals surface area contributed by atoms with Gasteiger partial charge >= 0.3 is 0 Å². The fourth-order valence-corrected chi connectivity index (χ4v) is 6.59. The van der Waals surface area contributed by atoms with Crippen LogP contribution in [0.2, 0.25) is 10.0 Å². The number of hydrogen-bond donors (Lipinski definition) is 1. The van der Waals surface area contributed by atoms with E-state index in [-0.39, 0.29) is 17.3 Å². The third kappa shape index (κ3) is 8.19. The molecule has 0 saturated carbocycles. The molecule has 0 saturated heterocycles. The highest BCUT2D eigenvalue weighted by Gasteiger charge is 2.34. The van der Waals surface area contributed by atoms with Gasteiger partial charge in [0.15, 0.2) is 0 Å². The van der Waals surface area contributed by atoms with E-state index in [2.05, 4.69) is 5.32 Å². The van der Waals surface area contributed by atoms with Gasteiger partial charge in [0.2, 0.25) is 11.8 Å². The van der Waals surface area contributed by atoms with Crippen LogP contribution in [-0.2, 0) is 26.2 Å². The molecule has 0 aliphatic carbocycles. The van der Waals surface area contributed by atoms with Crippen LogP contribution >= 0.6 is 35.0 Å². The summed E-state index contributed by atoms with van der Waals surface area (Å²) in [5, 5.41) is 3.55. The predicted octanol–water partition coefficient (Wildman–Crippen LogP) is 6.55. The lowest BCUT2D eigenvalue weighted by atomic mass is 10.1. The van der Waals surface area contributed by atoms with Gasteiger partial charge in [-0.05, 0) is 74.6 Å². The number of amides is 2. The Labute approximate surface area is 257 Å². The minimum absolute atomic E-state index is 0.0529. The summed E-state index contributed by atoms with van der Waals surface area (Å²) < 4.78 is 29.1. The molecular formula is C30H35Cl2N3O4S2. The van der Waals surface area contributed by atoms with E-state index in [1.165, 1.54) is 28.8 Å². The zero-order valence-corrected chi connectivity index (χ0v) is 26.7. The van der Waals surface area contributed by atoms with E-state index < -0.39 is 28.5 Å². The monoisotopic (exact) mass is 635 g/mol. The van der Waals surface area contributed by atoms with Crippen LogP contribution in [0.3, 0.4) is 0 Å². The lowest BCUT2D eigenvalue weighted by Gasteiger charge is -2.33. The molecule has 7 nitrogen and oxygen atoms in total. The highest BCUT2D eigenvalue weighted by Crippen LogP contribution is 2.29. The zero-order chi connectivity index (χ0) is 30.2. The molecule has 0 unspecified atom stereocenters. The summed E-state index contributed by atoms with van der Waals surface area (Å²) in [6.45, 7) is 5.47. The van der Waals surface area contributed by atoms with Gasteiger partial charge in [0.05, 0.1) is 10.6 Å². The number of thioether (sulfide) groups is 1. The third-order valence-electron chi connectivity index (χ3n) is 6.57. The molecule has 1 N–H and O–H groups in total. The molecule has 3 aromatic carbocycles. The second-order valence-corrected chi connectivity index (χ2v) is 13.0. The number of carbonyl (C=O) groups is 2. The fourth-order valence-electron chi connectivity index (χ4n) is 4.25. The molecule has 3 rings (SSSR count). The van der Waals surface area contributed by atoms with Crippen molar-refractivity contribution in [3.63, 3.8) is 0 Å². The van der Waals surface area contributed by atoms with Gasteiger partial charge in [0, 0.05) is 33.6 Å². The summed E-state index contributed by atoms with van der Waals surface area (Å²) in [4.78, 5) is 29.7. The van der Waals surface area contributed by atoms with Gasteiger partial charge in [0.1, 0.15) is 12.6 Å². The molecule has 0 aliphatic rings. The quantitative estimate of drug-likeness (QED) is 0.215. The summed E-state index contributed by atoms with van der Waals surface area (Å²) >= 11 is 14.4. The van der Waals surface area contributed by atoms with E-state index in [1.54, 1.807) is 61.5 Å². The van der Waals surface area contributed by atoms with Crippen molar-refractivity contribution in [2.45, 2.75) is 56.0 Å². The maximum Gasteiger partial charge on any atom is 0.264 e. The standard InChI is InChI=1S/C30H35Cl2N3O4S2/c1-5-18-33-30(37)28(6-2)34(19-25-26(31)8-7-9-27(25)32)29(36)20-35(22-12-10-21(3)11-13-22)41(38,39)24-16-14-23(40-4)15-17-24/h7-17,28H,5-6,18-20H2,1-4H3,(H,33,37)/t28-/m0/s1. The van der Waals surface area contributed by atoms with Crippen LogP contribution in [-0.4, -0.2) is 50.5 Å². The van der Waals surface area contributed by atoms with Crippen LogP contribution in [0.15, 0.2) is 76.5 Å². The molecule has 41 heavy (non-hydrogen) atoms. The van der Waals surface area contributed by atoms with Gasteiger partial charge < -0.3 is 10.2 Å². The number of anilines is 1. The Morgan fingerprint density at radius 2 is 1.56 bits per heavy atom. The van der Waals surface area contributed by atoms with Crippen LogP contribution in [0.1, 0.15) is 37.8 Å². The van der Waals surface area contributed by atoms with E-state index in [1.807, 2.05) is 20.1 Å². The highest BCUT2D eigenvalue weighted by atomic mass is 35.5. The first kappa shape index (κ1) is 32.8. The van der Waals surface area contributed by atoms with Crippen molar-refractivity contribution >= 4 is 62.5 Å². The van der Waals surface area contributed by atoms with Crippen molar-refractivity contribution in [2.75, 3.05) is 23.7 Å². The minimum Gasteiger partial charge on any atom is -0.354 e. The van der Waals surface area contributed by atoms with Gasteiger partial charge in [-0.15, -0.1) is 11.8 Å². The van der Waals surface area contributed by atoms with Crippen molar-refractivity contribution < 1.29 is 18.0 Å². The Morgan fingerprint density at radius 1 is 0.951 bits per heavy atom. The molecule has 0 heterocycles. The average molecular weight is 637 g/mol. The molecule has 3 aromatic rings. The molecule has 0 radical (unpaired) electrons. The van der Waals surface area contributed by atoms with Crippen molar-refractivity contribution in [2.24, 2.45) is 0 Å². The Kier molecular flexibility index (Phi) is 12.0. The van der Waals surface area contributed by atoms with E-state index in [0.29, 0.717) is 34.3 Å². The van der Waals surface area contributed by atoms with Gasteiger partial charge in [-0.3, -0.25) is 13.9 Å². The SMILES string of the molecule is CCCNC(=O)[C@H](CC)N(Cc1c(Cl)cccc1Cl)C(=O)CN(c1ccc(C)cc1)S(=O)(=O)c1ccc(SC)cc1.